The topological polar surface area (TPSA) is 101 Å². The average molecular weight is 270 g/mol. The molecule has 3 N–H and O–H groups in total. The predicted octanol–water partition coefficient (Wildman–Crippen LogP) is 2.17. The number of aromatic nitrogens is 2. The van der Waals surface area contributed by atoms with Gasteiger partial charge >= 0.3 is 0 Å². The number of aryl methyl sites for hydroxylation is 1. The summed E-state index contributed by atoms with van der Waals surface area (Å²) in [6.07, 6.45) is 4.99. The molecule has 20 heavy (non-hydrogen) atoms. The number of fused-ring (bicyclic) bond motifs is 1. The minimum Gasteiger partial charge on any atom is -0.472 e. The van der Waals surface area contributed by atoms with Crippen molar-refractivity contribution in [2.75, 3.05) is 0 Å². The van der Waals surface area contributed by atoms with Crippen molar-refractivity contribution in [1.82, 2.24) is 10.2 Å². The molecule has 2 aromatic heterocycles. The molecular weight excluding hydrogens is 256 g/mol. The zero-order valence-electron chi connectivity index (χ0n) is 11.0. The second-order valence-corrected chi connectivity index (χ2v) is 4.65. The molecule has 1 aliphatic heterocycles. The third-order valence-electron chi connectivity index (χ3n) is 3.39. The maximum atomic E-state index is 9.39. The first kappa shape index (κ1) is 12.4. The minimum absolute atomic E-state index is 0.0979. The van der Waals surface area contributed by atoms with Gasteiger partial charge in [0.2, 0.25) is 11.8 Å². The van der Waals surface area contributed by atoms with Crippen LogP contribution in [0.4, 0.5) is 0 Å². The van der Waals surface area contributed by atoms with Crippen molar-refractivity contribution in [1.29, 1.82) is 5.26 Å². The number of furan rings is 1. The smallest absolute Gasteiger partial charge is 0.244 e. The summed E-state index contributed by atoms with van der Waals surface area (Å²) < 4.78 is 10.6. The molecule has 0 spiro atoms. The van der Waals surface area contributed by atoms with E-state index >= 15 is 0 Å². The third kappa shape index (κ3) is 1.75. The lowest BCUT2D eigenvalue weighted by Gasteiger charge is -2.22. The monoisotopic (exact) mass is 270 g/mol. The number of nitrogens with zero attached hydrogens (tertiary/aromatic N) is 2. The van der Waals surface area contributed by atoms with Crippen LogP contribution < -0.4 is 10.5 Å². The first-order chi connectivity index (χ1) is 9.76. The van der Waals surface area contributed by atoms with Crippen molar-refractivity contribution < 1.29 is 9.15 Å². The van der Waals surface area contributed by atoms with E-state index in [1.807, 2.05) is 6.07 Å². The normalized spacial score (nSPS) is 17.5. The number of nitriles is 1. The molecule has 1 aliphatic rings. The molecule has 3 rings (SSSR count). The van der Waals surface area contributed by atoms with Crippen molar-refractivity contribution in [3.8, 4) is 11.9 Å². The molecular formula is C14H14N4O2. The molecule has 0 amide bonds. The summed E-state index contributed by atoms with van der Waals surface area (Å²) in [5, 5.41) is 16.5. The Morgan fingerprint density at radius 3 is 3.05 bits per heavy atom. The van der Waals surface area contributed by atoms with Crippen LogP contribution in [0.25, 0.3) is 0 Å². The van der Waals surface area contributed by atoms with Gasteiger partial charge in [-0.05, 0) is 12.5 Å². The molecule has 0 saturated heterocycles. The van der Waals surface area contributed by atoms with Crippen molar-refractivity contribution in [3.05, 3.63) is 46.9 Å². The van der Waals surface area contributed by atoms with Gasteiger partial charge in [-0.1, -0.05) is 13.3 Å². The maximum Gasteiger partial charge on any atom is 0.244 e. The molecule has 0 aromatic carbocycles. The summed E-state index contributed by atoms with van der Waals surface area (Å²) in [7, 11) is 0. The maximum absolute atomic E-state index is 9.39. The van der Waals surface area contributed by atoms with E-state index < -0.39 is 0 Å². The molecule has 0 fully saturated rings. The molecule has 102 valence electrons. The number of allylic oxidation sites excluding steroid dienone is 1. The number of nitrogens with two attached hydrogens (primary N) is 1. The first-order valence-corrected chi connectivity index (χ1v) is 6.43. The van der Waals surface area contributed by atoms with E-state index in [9.17, 15) is 5.26 Å². The number of nitrogens with one attached hydrogen (secondary N) is 1. The van der Waals surface area contributed by atoms with Crippen molar-refractivity contribution >= 4 is 0 Å². The molecule has 1 atom stereocenters. The number of rotatable bonds is 3. The summed E-state index contributed by atoms with van der Waals surface area (Å²) >= 11 is 0. The standard InChI is InChI=1S/C14H14N4O2/c1-2-3-10-12-11(8-4-5-19-7-8)9(6-15)13(16)20-14(12)18-17-10/h4-5,7,11H,2-3,16H2,1H3,(H,17,18)/t11-/m1/s1. The molecule has 6 heteroatoms. The van der Waals surface area contributed by atoms with Gasteiger partial charge in [0, 0.05) is 11.3 Å². The molecule has 3 heterocycles. The van der Waals surface area contributed by atoms with Gasteiger partial charge in [0.05, 0.1) is 24.0 Å². The van der Waals surface area contributed by atoms with Crippen LogP contribution in [0.1, 0.15) is 36.1 Å². The average Bonchev–Trinajstić information content (AvgIpc) is 3.08. The Bertz CT molecular complexity index is 691. The highest BCUT2D eigenvalue weighted by Gasteiger charge is 2.35. The Labute approximate surface area is 115 Å². The van der Waals surface area contributed by atoms with E-state index in [2.05, 4.69) is 23.2 Å². The fourth-order valence-corrected chi connectivity index (χ4v) is 2.52. The van der Waals surface area contributed by atoms with E-state index in [0.717, 1.165) is 29.7 Å². The van der Waals surface area contributed by atoms with E-state index in [4.69, 9.17) is 14.9 Å². The van der Waals surface area contributed by atoms with Crippen LogP contribution in [0.3, 0.4) is 0 Å². The fraction of sp³-hybridized carbons (Fsp3) is 0.286. The van der Waals surface area contributed by atoms with Crippen LogP contribution in [-0.2, 0) is 6.42 Å². The van der Waals surface area contributed by atoms with Crippen LogP contribution in [0.2, 0.25) is 0 Å². The van der Waals surface area contributed by atoms with Gasteiger partial charge in [-0.25, -0.2) is 0 Å². The molecule has 0 saturated carbocycles. The van der Waals surface area contributed by atoms with Crippen LogP contribution in [0, 0.1) is 11.3 Å². The largest absolute Gasteiger partial charge is 0.472 e. The van der Waals surface area contributed by atoms with Gasteiger partial charge in [-0.2, -0.15) is 5.26 Å². The Balaban J connectivity index is 2.19. The minimum atomic E-state index is -0.289. The lowest BCUT2D eigenvalue weighted by molar-refractivity contribution is 0.378. The Hall–Kier alpha value is -2.68. The molecule has 0 bridgehead atoms. The number of H-pyrrole nitrogens is 1. The highest BCUT2D eigenvalue weighted by Crippen LogP contribution is 2.43. The molecule has 6 nitrogen and oxygen atoms in total. The van der Waals surface area contributed by atoms with Gasteiger partial charge in [-0.3, -0.25) is 5.10 Å². The predicted molar refractivity (Wildman–Crippen MR) is 70.6 cm³/mol. The lowest BCUT2D eigenvalue weighted by Crippen LogP contribution is -2.21. The zero-order chi connectivity index (χ0) is 14.1. The van der Waals surface area contributed by atoms with Crippen molar-refractivity contribution in [2.45, 2.75) is 25.7 Å². The lowest BCUT2D eigenvalue weighted by atomic mass is 9.85. The second kappa shape index (κ2) is 4.78. The van der Waals surface area contributed by atoms with Crippen LogP contribution in [-0.4, -0.2) is 10.2 Å². The Kier molecular flexibility index (Phi) is 2.95. The summed E-state index contributed by atoms with van der Waals surface area (Å²) in [4.78, 5) is 0. The highest BCUT2D eigenvalue weighted by molar-refractivity contribution is 5.54. The van der Waals surface area contributed by atoms with E-state index in [1.165, 1.54) is 0 Å². The van der Waals surface area contributed by atoms with Crippen LogP contribution in [0.5, 0.6) is 5.88 Å². The number of aromatic amines is 1. The number of hydrogen-bond donors (Lipinski definition) is 2. The summed E-state index contributed by atoms with van der Waals surface area (Å²) in [6, 6.07) is 3.96. The van der Waals surface area contributed by atoms with E-state index in [0.29, 0.717) is 11.5 Å². The van der Waals surface area contributed by atoms with Crippen molar-refractivity contribution in [3.63, 3.8) is 0 Å². The van der Waals surface area contributed by atoms with Gasteiger partial charge in [0.25, 0.3) is 0 Å². The molecule has 0 unspecified atom stereocenters. The van der Waals surface area contributed by atoms with Gasteiger partial charge in [0.1, 0.15) is 11.6 Å². The van der Waals surface area contributed by atoms with Crippen LogP contribution >= 0.6 is 0 Å². The van der Waals surface area contributed by atoms with Gasteiger partial charge in [-0.15, -0.1) is 5.10 Å². The SMILES string of the molecule is CCCc1[nH]nc2c1[C@H](c1ccoc1)C(C#N)=C(N)O2. The van der Waals surface area contributed by atoms with E-state index in [-0.39, 0.29) is 11.8 Å². The molecule has 0 radical (unpaired) electrons. The number of ether oxygens (including phenoxy) is 1. The summed E-state index contributed by atoms with van der Waals surface area (Å²) in [6.45, 7) is 2.08. The second-order valence-electron chi connectivity index (χ2n) is 4.65. The summed E-state index contributed by atoms with van der Waals surface area (Å²) in [5.74, 6) is 0.250. The van der Waals surface area contributed by atoms with E-state index in [1.54, 1.807) is 12.5 Å². The van der Waals surface area contributed by atoms with Crippen LogP contribution in [0.15, 0.2) is 34.5 Å². The quantitative estimate of drug-likeness (QED) is 0.890. The molecule has 0 aliphatic carbocycles. The summed E-state index contributed by atoms with van der Waals surface area (Å²) in [5.41, 5.74) is 8.93. The fourth-order valence-electron chi connectivity index (χ4n) is 2.52. The Morgan fingerprint density at radius 1 is 1.55 bits per heavy atom. The highest BCUT2D eigenvalue weighted by atomic mass is 16.5. The number of hydrogen-bond acceptors (Lipinski definition) is 5. The Morgan fingerprint density at radius 2 is 2.40 bits per heavy atom. The first-order valence-electron chi connectivity index (χ1n) is 6.43. The van der Waals surface area contributed by atoms with Gasteiger partial charge < -0.3 is 14.9 Å². The zero-order valence-corrected chi connectivity index (χ0v) is 11.0. The van der Waals surface area contributed by atoms with Crippen molar-refractivity contribution in [2.24, 2.45) is 5.73 Å². The van der Waals surface area contributed by atoms with Gasteiger partial charge in [0.15, 0.2) is 0 Å². The third-order valence-corrected chi connectivity index (χ3v) is 3.39. The molecule has 2 aromatic rings.